The van der Waals surface area contributed by atoms with Crippen LogP contribution in [0, 0.1) is 0 Å². The maximum Gasteiger partial charge on any atom is 0.416 e. The summed E-state index contributed by atoms with van der Waals surface area (Å²) in [5.74, 6) is 0.295. The molecule has 0 fully saturated rings. The van der Waals surface area contributed by atoms with Crippen LogP contribution in [0.3, 0.4) is 0 Å². The fourth-order valence-corrected chi connectivity index (χ4v) is 8.45. The zero-order valence-electron chi connectivity index (χ0n) is 38.6. The van der Waals surface area contributed by atoms with Crippen LogP contribution in [0.5, 0.6) is 5.75 Å². The lowest BCUT2D eigenvalue weighted by Gasteiger charge is -2.46. The van der Waals surface area contributed by atoms with Crippen LogP contribution >= 0.6 is 0 Å². The second-order valence-electron chi connectivity index (χ2n) is 17.3. The molecule has 7 aromatic rings. The average molecular weight is 1150 g/mol. The standard InChI is InChI=1S/C32H12BF24.C19H15NO2/c34-25(35,36)13-1-14(26(37,38)39)6-21(5-13)33(22-7-15(27(40,41)42)2-16(8-22)28(43,44)45,23-9-17(29(46,47)48)3-18(10-23)30(49,50)51)24-11-19(31(52,53)54)4-20(12-24)32(55,56)57;21-17-11-9-15(10-12-17)18-8-4-5-13-20(18)14-19(22)16-6-2-1-3-7-16/h1-12H;1-13H,14H2/q-1;/p+1. The van der Waals surface area contributed by atoms with E-state index >= 15 is 0 Å². The van der Waals surface area contributed by atoms with E-state index in [1.807, 2.05) is 71.4 Å². The third-order valence-corrected chi connectivity index (χ3v) is 12.0. The first-order chi connectivity index (χ1) is 36.0. The zero-order valence-corrected chi connectivity index (χ0v) is 38.6. The number of Topliss-reactive ketones (excluding diaryl/α,β-unsaturated/α-hetero) is 1. The number of pyridine rings is 1. The number of aromatic nitrogens is 1. The molecule has 0 amide bonds. The smallest absolute Gasteiger partial charge is 0.416 e. The number of benzene rings is 6. The van der Waals surface area contributed by atoms with Gasteiger partial charge < -0.3 is 5.11 Å². The largest absolute Gasteiger partial charge is 0.508 e. The number of phenols is 1. The van der Waals surface area contributed by atoms with E-state index in [0.29, 0.717) is 5.56 Å². The summed E-state index contributed by atoms with van der Waals surface area (Å²) < 4.78 is 343. The highest BCUT2D eigenvalue weighted by Gasteiger charge is 2.47. The number of carbonyl (C=O) groups is 1. The maximum absolute atomic E-state index is 14.2. The molecule has 0 aliphatic rings. The van der Waals surface area contributed by atoms with Gasteiger partial charge in [0.1, 0.15) is 11.9 Å². The van der Waals surface area contributed by atoms with Gasteiger partial charge in [0.05, 0.1) is 44.5 Å². The Morgan fingerprint density at radius 3 is 0.886 bits per heavy atom. The quantitative estimate of drug-likeness (QED) is 0.0713. The third kappa shape index (κ3) is 14.0. The normalized spacial score (nSPS) is 13.2. The number of nitrogens with zero attached hydrogens (tertiary/aromatic N) is 1. The molecule has 0 saturated heterocycles. The highest BCUT2D eigenvalue weighted by molar-refractivity contribution is 7.20. The molecule has 3 nitrogen and oxygen atoms in total. The van der Waals surface area contributed by atoms with Gasteiger partial charge in [0.2, 0.25) is 18.0 Å². The summed E-state index contributed by atoms with van der Waals surface area (Å²) in [6.07, 6.45) is -52.9. The molecule has 0 aliphatic heterocycles. The van der Waals surface area contributed by atoms with Crippen LogP contribution in [-0.4, -0.2) is 17.0 Å². The van der Waals surface area contributed by atoms with Crippen molar-refractivity contribution in [1.29, 1.82) is 0 Å². The topological polar surface area (TPSA) is 41.2 Å². The molecular weight excluding hydrogens is 1130 g/mol. The molecule has 7 rings (SSSR count). The number of halogens is 24. The van der Waals surface area contributed by atoms with Crippen molar-refractivity contribution in [3.05, 3.63) is 202 Å². The van der Waals surface area contributed by atoms with E-state index in [0.717, 1.165) is 11.3 Å². The van der Waals surface area contributed by atoms with Gasteiger partial charge in [0.15, 0.2) is 6.20 Å². The van der Waals surface area contributed by atoms with Gasteiger partial charge in [-0.2, -0.15) is 132 Å². The Kier molecular flexibility index (Phi) is 16.2. The number of rotatable bonds is 8. The minimum atomic E-state index is -6.13. The van der Waals surface area contributed by atoms with Crippen molar-refractivity contribution in [3.8, 4) is 17.0 Å². The fourth-order valence-electron chi connectivity index (χ4n) is 8.45. The molecule has 79 heavy (non-hydrogen) atoms. The molecule has 0 unspecified atom stereocenters. The van der Waals surface area contributed by atoms with Crippen molar-refractivity contribution in [2.45, 2.75) is 56.0 Å². The van der Waals surface area contributed by atoms with Crippen molar-refractivity contribution in [3.63, 3.8) is 0 Å². The molecule has 0 spiro atoms. The van der Waals surface area contributed by atoms with Gasteiger partial charge in [-0.25, -0.2) is 0 Å². The van der Waals surface area contributed by atoms with Crippen molar-refractivity contribution in [2.24, 2.45) is 0 Å². The van der Waals surface area contributed by atoms with Crippen LogP contribution in [0.25, 0.3) is 11.3 Å². The van der Waals surface area contributed by atoms with Crippen LogP contribution < -0.4 is 26.4 Å². The maximum atomic E-state index is 14.2. The number of hydrogen-bond donors (Lipinski definition) is 1. The fraction of sp³-hybridized carbons (Fsp3) is 0.176. The summed E-state index contributed by atoms with van der Waals surface area (Å²) in [5, 5.41) is 9.41. The van der Waals surface area contributed by atoms with Crippen LogP contribution in [0.1, 0.15) is 54.9 Å². The van der Waals surface area contributed by atoms with E-state index in [1.54, 1.807) is 12.1 Å². The van der Waals surface area contributed by atoms with Gasteiger partial charge in [0.25, 0.3) is 0 Å². The van der Waals surface area contributed by atoms with Crippen molar-refractivity contribution >= 4 is 33.8 Å². The molecule has 1 N–H and O–H groups in total. The summed E-state index contributed by atoms with van der Waals surface area (Å²) in [4.78, 5) is 12.4. The molecule has 0 aliphatic carbocycles. The van der Waals surface area contributed by atoms with Crippen molar-refractivity contribution in [1.82, 2.24) is 0 Å². The second-order valence-corrected chi connectivity index (χ2v) is 17.3. The monoisotopic (exact) mass is 1150 g/mol. The predicted molar refractivity (Wildman–Crippen MR) is 235 cm³/mol. The molecule has 0 radical (unpaired) electrons. The van der Waals surface area contributed by atoms with Gasteiger partial charge in [-0.1, -0.05) is 78.9 Å². The molecule has 0 saturated carbocycles. The lowest BCUT2D eigenvalue weighted by Crippen LogP contribution is -2.75. The molecule has 1 heterocycles. The molecule has 28 heteroatoms. The summed E-state index contributed by atoms with van der Waals surface area (Å²) in [7, 11) is 0. The van der Waals surface area contributed by atoms with E-state index in [1.165, 1.54) is 0 Å². The number of alkyl halides is 24. The Hall–Kier alpha value is -7.68. The van der Waals surface area contributed by atoms with Gasteiger partial charge in [-0.05, 0) is 54.6 Å². The molecule has 0 atom stereocenters. The lowest BCUT2D eigenvalue weighted by molar-refractivity contribution is -0.672. The first-order valence-electron chi connectivity index (χ1n) is 21.7. The molecule has 420 valence electrons. The highest BCUT2D eigenvalue weighted by atomic mass is 19.4. The van der Waals surface area contributed by atoms with Crippen LogP contribution in [0.4, 0.5) is 105 Å². The first-order valence-corrected chi connectivity index (χ1v) is 21.7. The van der Waals surface area contributed by atoms with Gasteiger partial charge in [-0.3, -0.25) is 4.79 Å². The molecule has 1 aromatic heterocycles. The Bertz CT molecular complexity index is 2890. The van der Waals surface area contributed by atoms with Crippen molar-refractivity contribution < 1.29 is 120 Å². The Labute approximate surface area is 427 Å². The average Bonchev–Trinajstić information content (AvgIpc) is 3.40. The third-order valence-electron chi connectivity index (χ3n) is 12.0. The van der Waals surface area contributed by atoms with E-state index in [9.17, 15) is 115 Å². The van der Waals surface area contributed by atoms with E-state index in [4.69, 9.17) is 0 Å². The zero-order chi connectivity index (χ0) is 59.3. The Morgan fingerprint density at radius 2 is 0.620 bits per heavy atom. The number of aromatic hydroxyl groups is 1. The molecular formula is C51H28BF24NO2. The van der Waals surface area contributed by atoms with Crippen LogP contribution in [0.15, 0.2) is 152 Å². The first kappa shape index (κ1) is 60.6. The minimum absolute atomic E-state index is 0.0665. The Morgan fingerprint density at radius 1 is 0.354 bits per heavy atom. The van der Waals surface area contributed by atoms with Gasteiger partial charge >= 0.3 is 49.4 Å². The van der Waals surface area contributed by atoms with Gasteiger partial charge in [-0.15, -0.1) is 0 Å². The highest BCUT2D eigenvalue weighted by Crippen LogP contribution is 2.41. The molecule has 0 bridgehead atoms. The number of phenolic OH excluding ortho intramolecular Hbond substituents is 1. The number of ketones is 1. The van der Waals surface area contributed by atoms with Gasteiger partial charge in [0, 0.05) is 23.3 Å². The molecule has 6 aromatic carbocycles. The van der Waals surface area contributed by atoms with E-state index in [2.05, 4.69) is 0 Å². The summed E-state index contributed by atoms with van der Waals surface area (Å²) >= 11 is 0. The summed E-state index contributed by atoms with van der Waals surface area (Å²) in [6, 6.07) is 13.2. The van der Waals surface area contributed by atoms with Crippen molar-refractivity contribution in [2.75, 3.05) is 0 Å². The summed E-state index contributed by atoms with van der Waals surface area (Å²) in [5.41, 5.74) is -27.6. The van der Waals surface area contributed by atoms with Crippen LogP contribution in [0.2, 0.25) is 0 Å². The second kappa shape index (κ2) is 21.2. The Balaban J connectivity index is 0.000000378. The number of hydrogen-bond acceptors (Lipinski definition) is 2. The van der Waals surface area contributed by atoms with Crippen LogP contribution in [-0.2, 0) is 56.0 Å². The number of carbonyl (C=O) groups excluding carboxylic acids is 1. The SMILES string of the molecule is FC(F)(F)c1cc([B-](c2cc(C(F)(F)F)cc(C(F)(F)F)c2)(c2cc(C(F)(F)F)cc(C(F)(F)F)c2)c2cc(C(F)(F)F)cc(C(F)(F)F)c2)cc(C(F)(F)F)c1.O=C(C[n+]1ccccc1-c1ccc(O)cc1)c1ccccc1. The minimum Gasteiger partial charge on any atom is -0.508 e. The van der Waals surface area contributed by atoms with E-state index in [-0.39, 0.29) is 18.1 Å². The summed E-state index contributed by atoms with van der Waals surface area (Å²) in [6.45, 7) is 0.279. The van der Waals surface area contributed by atoms with E-state index < -0.39 is 195 Å². The predicted octanol–water partition coefficient (Wildman–Crippen LogP) is 14.4. The lowest BCUT2D eigenvalue weighted by atomic mass is 9.12.